The van der Waals surface area contributed by atoms with Crippen LogP contribution in [0.25, 0.3) is 10.9 Å². The lowest BCUT2D eigenvalue weighted by atomic mass is 10.1. The molecule has 0 bridgehead atoms. The highest BCUT2D eigenvalue weighted by Crippen LogP contribution is 2.16. The van der Waals surface area contributed by atoms with E-state index in [2.05, 4.69) is 10.3 Å². The van der Waals surface area contributed by atoms with Crippen molar-refractivity contribution in [1.29, 1.82) is 0 Å². The minimum atomic E-state index is -0.335. The summed E-state index contributed by atoms with van der Waals surface area (Å²) < 4.78 is 0. The van der Waals surface area contributed by atoms with E-state index in [0.29, 0.717) is 6.54 Å². The zero-order valence-corrected chi connectivity index (χ0v) is 9.16. The van der Waals surface area contributed by atoms with Gasteiger partial charge in [-0.15, -0.1) is 0 Å². The van der Waals surface area contributed by atoms with Crippen molar-refractivity contribution in [3.63, 3.8) is 0 Å². The number of aromatic nitrogens is 1. The first kappa shape index (κ1) is 10.7. The maximum absolute atomic E-state index is 10.9. The Morgan fingerprint density at radius 3 is 3.06 bits per heavy atom. The molecule has 1 unspecified atom stereocenters. The Labute approximate surface area is 93.8 Å². The van der Waals surface area contributed by atoms with Crippen LogP contribution in [0.1, 0.15) is 12.5 Å². The van der Waals surface area contributed by atoms with E-state index in [1.54, 1.807) is 6.92 Å². The van der Waals surface area contributed by atoms with Gasteiger partial charge >= 0.3 is 0 Å². The fourth-order valence-electron chi connectivity index (χ4n) is 1.66. The second-order valence-electron chi connectivity index (χ2n) is 3.86. The van der Waals surface area contributed by atoms with Gasteiger partial charge in [-0.1, -0.05) is 18.2 Å². The van der Waals surface area contributed by atoms with Crippen LogP contribution in [0.3, 0.4) is 0 Å². The number of H-pyrrole nitrogens is 1. The number of carbonyl (C=O) groups excluding carboxylic acids is 1. The molecule has 0 saturated carbocycles. The molecule has 2 rings (SSSR count). The summed E-state index contributed by atoms with van der Waals surface area (Å²) in [5.74, 6) is -0.335. The van der Waals surface area contributed by atoms with Crippen molar-refractivity contribution < 1.29 is 4.79 Å². The molecule has 0 aliphatic carbocycles. The summed E-state index contributed by atoms with van der Waals surface area (Å²) in [4.78, 5) is 14.1. The molecule has 1 atom stereocenters. The zero-order chi connectivity index (χ0) is 11.5. The van der Waals surface area contributed by atoms with Crippen LogP contribution < -0.4 is 11.1 Å². The van der Waals surface area contributed by atoms with Gasteiger partial charge in [0.15, 0.2) is 0 Å². The smallest absolute Gasteiger partial charge is 0.234 e. The maximum atomic E-state index is 10.9. The van der Waals surface area contributed by atoms with Crippen molar-refractivity contribution in [2.24, 2.45) is 5.73 Å². The van der Waals surface area contributed by atoms with Gasteiger partial charge in [0.25, 0.3) is 0 Å². The molecule has 4 N–H and O–H groups in total. The predicted molar refractivity (Wildman–Crippen MR) is 63.8 cm³/mol. The van der Waals surface area contributed by atoms with Gasteiger partial charge in [-0.25, -0.2) is 0 Å². The molecule has 1 amide bonds. The minimum absolute atomic E-state index is 0.315. The predicted octanol–water partition coefficient (Wildman–Crippen LogP) is 1.13. The Hall–Kier alpha value is -1.81. The lowest BCUT2D eigenvalue weighted by Gasteiger charge is -2.10. The van der Waals surface area contributed by atoms with E-state index in [1.807, 2.05) is 30.5 Å². The topological polar surface area (TPSA) is 70.9 Å². The number of fused-ring (bicyclic) bond motifs is 1. The number of hydrogen-bond acceptors (Lipinski definition) is 2. The number of rotatable bonds is 4. The van der Waals surface area contributed by atoms with Crippen LogP contribution >= 0.6 is 0 Å². The summed E-state index contributed by atoms with van der Waals surface area (Å²) in [7, 11) is 0. The highest BCUT2D eigenvalue weighted by molar-refractivity contribution is 5.82. The lowest BCUT2D eigenvalue weighted by molar-refractivity contribution is -0.119. The van der Waals surface area contributed by atoms with Gasteiger partial charge in [0, 0.05) is 18.3 Å². The number of nitrogens with two attached hydrogens (primary N) is 1. The Bertz CT molecular complexity index is 504. The second kappa shape index (κ2) is 4.37. The maximum Gasteiger partial charge on any atom is 0.234 e. The van der Waals surface area contributed by atoms with Crippen LogP contribution in [-0.2, 0) is 11.3 Å². The number of hydrogen-bond donors (Lipinski definition) is 3. The van der Waals surface area contributed by atoms with Gasteiger partial charge in [0.05, 0.1) is 6.04 Å². The summed E-state index contributed by atoms with van der Waals surface area (Å²) in [6.07, 6.45) is 1.91. The van der Waals surface area contributed by atoms with E-state index in [4.69, 9.17) is 5.73 Å². The first-order valence-corrected chi connectivity index (χ1v) is 5.26. The van der Waals surface area contributed by atoms with Crippen LogP contribution in [0.15, 0.2) is 30.5 Å². The summed E-state index contributed by atoms with van der Waals surface area (Å²) in [5.41, 5.74) is 7.42. The number of primary amides is 1. The van der Waals surface area contributed by atoms with Crippen molar-refractivity contribution >= 4 is 16.8 Å². The number of amides is 1. The van der Waals surface area contributed by atoms with E-state index >= 15 is 0 Å². The van der Waals surface area contributed by atoms with Gasteiger partial charge in [0.1, 0.15) is 0 Å². The highest BCUT2D eigenvalue weighted by Gasteiger charge is 2.08. The standard InChI is InChI=1S/C12H15N3O/c1-8(12(13)16)15-7-10-4-2-3-9-5-6-14-11(9)10/h2-6,8,14-15H,7H2,1H3,(H2,13,16). The van der Waals surface area contributed by atoms with Crippen molar-refractivity contribution in [2.75, 3.05) is 0 Å². The molecular weight excluding hydrogens is 202 g/mol. The number of para-hydroxylation sites is 1. The molecule has 16 heavy (non-hydrogen) atoms. The van der Waals surface area contributed by atoms with Crippen molar-refractivity contribution in [2.45, 2.75) is 19.5 Å². The van der Waals surface area contributed by atoms with Crippen LogP contribution in [-0.4, -0.2) is 16.9 Å². The third kappa shape index (κ3) is 2.06. The molecule has 0 saturated heterocycles. The lowest BCUT2D eigenvalue weighted by Crippen LogP contribution is -2.38. The fourth-order valence-corrected chi connectivity index (χ4v) is 1.66. The van der Waals surface area contributed by atoms with E-state index in [1.165, 1.54) is 5.39 Å². The van der Waals surface area contributed by atoms with E-state index in [0.717, 1.165) is 11.1 Å². The minimum Gasteiger partial charge on any atom is -0.368 e. The van der Waals surface area contributed by atoms with Gasteiger partial charge in [-0.3, -0.25) is 4.79 Å². The van der Waals surface area contributed by atoms with Gasteiger partial charge in [-0.2, -0.15) is 0 Å². The molecule has 0 radical (unpaired) electrons. The second-order valence-corrected chi connectivity index (χ2v) is 3.86. The van der Waals surface area contributed by atoms with Crippen molar-refractivity contribution in [3.05, 3.63) is 36.0 Å². The molecule has 1 heterocycles. The van der Waals surface area contributed by atoms with Crippen molar-refractivity contribution in [1.82, 2.24) is 10.3 Å². The van der Waals surface area contributed by atoms with E-state index in [9.17, 15) is 4.79 Å². The fraction of sp³-hybridized carbons (Fsp3) is 0.250. The molecule has 0 aliphatic rings. The summed E-state index contributed by atoms with van der Waals surface area (Å²) in [5, 5.41) is 4.26. The number of benzene rings is 1. The monoisotopic (exact) mass is 217 g/mol. The summed E-state index contributed by atoms with van der Waals surface area (Å²) in [6.45, 7) is 2.39. The van der Waals surface area contributed by atoms with Gasteiger partial charge in [0.2, 0.25) is 5.91 Å². The zero-order valence-electron chi connectivity index (χ0n) is 9.16. The molecule has 0 spiro atoms. The van der Waals surface area contributed by atoms with Crippen LogP contribution in [0.2, 0.25) is 0 Å². The number of aromatic amines is 1. The quantitative estimate of drug-likeness (QED) is 0.718. The first-order chi connectivity index (χ1) is 7.68. The molecule has 0 aliphatic heterocycles. The molecular formula is C12H15N3O. The highest BCUT2D eigenvalue weighted by atomic mass is 16.1. The molecule has 0 fully saturated rings. The Kier molecular flexibility index (Phi) is 2.92. The van der Waals surface area contributed by atoms with Crippen LogP contribution in [0.5, 0.6) is 0 Å². The van der Waals surface area contributed by atoms with Crippen LogP contribution in [0, 0.1) is 0 Å². The number of carbonyl (C=O) groups is 1. The van der Waals surface area contributed by atoms with E-state index < -0.39 is 0 Å². The Morgan fingerprint density at radius 2 is 2.31 bits per heavy atom. The molecule has 84 valence electrons. The average Bonchev–Trinajstić information content (AvgIpc) is 2.73. The molecule has 4 nitrogen and oxygen atoms in total. The summed E-state index contributed by atoms with van der Waals surface area (Å²) in [6, 6.07) is 7.79. The molecule has 1 aromatic carbocycles. The third-order valence-corrected chi connectivity index (χ3v) is 2.70. The summed E-state index contributed by atoms with van der Waals surface area (Å²) >= 11 is 0. The van der Waals surface area contributed by atoms with Crippen LogP contribution in [0.4, 0.5) is 0 Å². The molecule has 1 aromatic heterocycles. The third-order valence-electron chi connectivity index (χ3n) is 2.70. The first-order valence-electron chi connectivity index (χ1n) is 5.26. The molecule has 4 heteroatoms. The van der Waals surface area contributed by atoms with Gasteiger partial charge in [-0.05, 0) is 23.9 Å². The largest absolute Gasteiger partial charge is 0.368 e. The van der Waals surface area contributed by atoms with Crippen molar-refractivity contribution in [3.8, 4) is 0 Å². The Balaban J connectivity index is 2.15. The average molecular weight is 217 g/mol. The number of nitrogens with one attached hydrogen (secondary N) is 2. The molecule has 2 aromatic rings. The normalized spacial score (nSPS) is 12.8. The van der Waals surface area contributed by atoms with Gasteiger partial charge < -0.3 is 16.0 Å². The Morgan fingerprint density at radius 1 is 1.50 bits per heavy atom. The SMILES string of the molecule is CC(NCc1cccc2cc[nH]c12)C(N)=O. The van der Waals surface area contributed by atoms with E-state index in [-0.39, 0.29) is 11.9 Å².